The van der Waals surface area contributed by atoms with Gasteiger partial charge in [0, 0.05) is 37.1 Å². The van der Waals surface area contributed by atoms with Crippen LogP contribution in [-0.4, -0.2) is 52.4 Å². The third-order valence-electron chi connectivity index (χ3n) is 4.78. The first kappa shape index (κ1) is 15.0. The zero-order valence-corrected chi connectivity index (χ0v) is 14.1. The Hall–Kier alpha value is -0.940. The van der Waals surface area contributed by atoms with E-state index in [1.807, 2.05) is 17.2 Å². The summed E-state index contributed by atoms with van der Waals surface area (Å²) in [5, 5.41) is 2.86. The number of amides is 1. The fourth-order valence-corrected chi connectivity index (χ4v) is 4.27. The molecule has 21 heavy (non-hydrogen) atoms. The van der Waals surface area contributed by atoms with Gasteiger partial charge in [-0.1, -0.05) is 13.8 Å². The molecule has 0 aromatic carbocycles. The molecule has 1 atom stereocenters. The van der Waals surface area contributed by atoms with E-state index in [1.54, 1.807) is 11.3 Å². The highest BCUT2D eigenvalue weighted by molar-refractivity contribution is 7.09. The van der Waals surface area contributed by atoms with E-state index in [-0.39, 0.29) is 11.4 Å². The first-order chi connectivity index (χ1) is 10.00. The van der Waals surface area contributed by atoms with Gasteiger partial charge in [-0.15, -0.1) is 11.3 Å². The second-order valence-corrected chi connectivity index (χ2v) is 7.96. The fraction of sp³-hybridized carbons (Fsp3) is 0.750. The number of carbonyl (C=O) groups is 1. The minimum atomic E-state index is 0.120. The van der Waals surface area contributed by atoms with Gasteiger partial charge in [0.25, 0.3) is 5.91 Å². The normalized spacial score (nSPS) is 26.4. The number of likely N-dealkylation sites (tertiary alicyclic amines) is 2. The number of hydrogen-bond acceptors (Lipinski definition) is 4. The zero-order chi connectivity index (χ0) is 15.0. The van der Waals surface area contributed by atoms with E-state index < -0.39 is 0 Å². The Bertz CT molecular complexity index is 527. The van der Waals surface area contributed by atoms with Gasteiger partial charge < -0.3 is 4.90 Å². The number of carbonyl (C=O) groups excluding carboxylic acids is 1. The first-order valence-electron chi connectivity index (χ1n) is 7.97. The van der Waals surface area contributed by atoms with Gasteiger partial charge >= 0.3 is 0 Å². The van der Waals surface area contributed by atoms with Crippen LogP contribution in [0.15, 0.2) is 5.38 Å². The van der Waals surface area contributed by atoms with Gasteiger partial charge in [0.2, 0.25) is 0 Å². The second-order valence-electron chi connectivity index (χ2n) is 6.90. The van der Waals surface area contributed by atoms with Crippen LogP contribution >= 0.6 is 11.3 Å². The summed E-state index contributed by atoms with van der Waals surface area (Å²) in [7, 11) is 0. The molecule has 3 heterocycles. The molecule has 2 fully saturated rings. The van der Waals surface area contributed by atoms with E-state index in [1.165, 1.54) is 19.4 Å². The number of piperidine rings is 1. The van der Waals surface area contributed by atoms with Crippen molar-refractivity contribution in [2.24, 2.45) is 5.92 Å². The highest BCUT2D eigenvalue weighted by Gasteiger charge is 2.48. The first-order valence-corrected chi connectivity index (χ1v) is 8.85. The average molecular weight is 307 g/mol. The summed E-state index contributed by atoms with van der Waals surface area (Å²) in [5.74, 6) is 0.810. The molecule has 2 aliphatic heterocycles. The summed E-state index contributed by atoms with van der Waals surface area (Å²) in [6.07, 6.45) is 3.59. The Morgan fingerprint density at radius 1 is 1.43 bits per heavy atom. The summed E-state index contributed by atoms with van der Waals surface area (Å²) < 4.78 is 0. The molecule has 4 nitrogen and oxygen atoms in total. The van der Waals surface area contributed by atoms with Crippen molar-refractivity contribution in [2.45, 2.75) is 45.6 Å². The molecule has 1 aromatic rings. The van der Waals surface area contributed by atoms with Gasteiger partial charge in [0.1, 0.15) is 5.69 Å². The van der Waals surface area contributed by atoms with Crippen molar-refractivity contribution >= 4 is 17.2 Å². The van der Waals surface area contributed by atoms with Crippen molar-refractivity contribution < 1.29 is 4.79 Å². The molecular weight excluding hydrogens is 282 g/mol. The maximum absolute atomic E-state index is 12.6. The molecule has 2 saturated heterocycles. The van der Waals surface area contributed by atoms with E-state index in [0.717, 1.165) is 31.1 Å². The van der Waals surface area contributed by atoms with Crippen molar-refractivity contribution in [2.75, 3.05) is 26.2 Å². The quantitative estimate of drug-likeness (QED) is 0.861. The van der Waals surface area contributed by atoms with E-state index in [2.05, 4.69) is 23.7 Å². The monoisotopic (exact) mass is 307 g/mol. The Labute approximate surface area is 131 Å². The summed E-state index contributed by atoms with van der Waals surface area (Å²) >= 11 is 1.56. The Morgan fingerprint density at radius 2 is 2.24 bits per heavy atom. The van der Waals surface area contributed by atoms with Crippen LogP contribution in [0, 0.1) is 12.8 Å². The van der Waals surface area contributed by atoms with E-state index in [0.29, 0.717) is 11.6 Å². The average Bonchev–Trinajstić information content (AvgIpc) is 2.89. The Kier molecular flexibility index (Phi) is 4.06. The molecule has 5 heteroatoms. The molecule has 0 aliphatic carbocycles. The minimum absolute atomic E-state index is 0.120. The fourth-order valence-electron chi connectivity index (χ4n) is 3.68. The zero-order valence-electron chi connectivity index (χ0n) is 13.3. The summed E-state index contributed by atoms with van der Waals surface area (Å²) in [5.41, 5.74) is 0.882. The molecule has 0 radical (unpaired) electrons. The predicted molar refractivity (Wildman–Crippen MR) is 85.7 cm³/mol. The molecule has 0 N–H and O–H groups in total. The predicted octanol–water partition coefficient (Wildman–Crippen LogP) is 2.79. The van der Waals surface area contributed by atoms with Crippen molar-refractivity contribution in [1.82, 2.24) is 14.8 Å². The molecular formula is C16H25N3OS. The molecule has 0 bridgehead atoms. The van der Waals surface area contributed by atoms with E-state index in [4.69, 9.17) is 0 Å². The largest absolute Gasteiger partial charge is 0.335 e. The number of rotatable bonds is 3. The lowest BCUT2D eigenvalue weighted by Crippen LogP contribution is -2.67. The maximum atomic E-state index is 12.6. The van der Waals surface area contributed by atoms with Gasteiger partial charge in [-0.2, -0.15) is 0 Å². The van der Waals surface area contributed by atoms with Crippen LogP contribution in [0.3, 0.4) is 0 Å². The number of aromatic nitrogens is 1. The molecule has 3 rings (SSSR count). The van der Waals surface area contributed by atoms with Crippen LogP contribution < -0.4 is 0 Å². The molecule has 1 amide bonds. The SMILES string of the molecule is Cc1nc(C(=O)N2CCC[C@@]3(CCN3CC(C)C)C2)cs1. The van der Waals surface area contributed by atoms with Gasteiger partial charge in [-0.3, -0.25) is 9.69 Å². The third kappa shape index (κ3) is 2.86. The van der Waals surface area contributed by atoms with E-state index >= 15 is 0 Å². The Balaban J connectivity index is 1.70. The number of hydrogen-bond donors (Lipinski definition) is 0. The summed E-state index contributed by atoms with van der Waals surface area (Å²) in [6.45, 7) is 10.6. The van der Waals surface area contributed by atoms with Crippen molar-refractivity contribution in [3.63, 3.8) is 0 Å². The van der Waals surface area contributed by atoms with Crippen LogP contribution in [0.1, 0.15) is 48.6 Å². The van der Waals surface area contributed by atoms with Crippen LogP contribution in [0.5, 0.6) is 0 Å². The number of thiazole rings is 1. The molecule has 0 saturated carbocycles. The standard InChI is InChI=1S/C16H25N3OS/c1-12(2)9-19-8-6-16(19)5-4-7-18(11-16)15(20)14-10-21-13(3)17-14/h10,12H,4-9,11H2,1-3H3/t16-/m1/s1. The minimum Gasteiger partial charge on any atom is -0.335 e. The lowest BCUT2D eigenvalue weighted by molar-refractivity contribution is -0.0649. The van der Waals surface area contributed by atoms with Gasteiger partial charge in [0.15, 0.2) is 0 Å². The van der Waals surface area contributed by atoms with Crippen molar-refractivity contribution in [3.05, 3.63) is 16.1 Å². The van der Waals surface area contributed by atoms with Crippen LogP contribution in [0.4, 0.5) is 0 Å². The summed E-state index contributed by atoms with van der Waals surface area (Å²) in [4.78, 5) is 21.6. The molecule has 0 unspecified atom stereocenters. The summed E-state index contributed by atoms with van der Waals surface area (Å²) in [6, 6.07) is 0. The number of nitrogens with zero attached hydrogens (tertiary/aromatic N) is 3. The molecule has 1 spiro atoms. The maximum Gasteiger partial charge on any atom is 0.273 e. The molecule has 1 aromatic heterocycles. The highest BCUT2D eigenvalue weighted by Crippen LogP contribution is 2.39. The topological polar surface area (TPSA) is 36.4 Å². The number of aryl methyl sites for hydroxylation is 1. The van der Waals surface area contributed by atoms with Gasteiger partial charge in [-0.05, 0) is 32.1 Å². The Morgan fingerprint density at radius 3 is 2.81 bits per heavy atom. The van der Waals surface area contributed by atoms with Gasteiger partial charge in [-0.25, -0.2) is 4.98 Å². The lowest BCUT2D eigenvalue weighted by atomic mass is 9.77. The van der Waals surface area contributed by atoms with Crippen LogP contribution in [0.25, 0.3) is 0 Å². The van der Waals surface area contributed by atoms with Gasteiger partial charge in [0.05, 0.1) is 5.01 Å². The molecule has 2 aliphatic rings. The van der Waals surface area contributed by atoms with Crippen LogP contribution in [0.2, 0.25) is 0 Å². The highest BCUT2D eigenvalue weighted by atomic mass is 32.1. The van der Waals surface area contributed by atoms with Crippen LogP contribution in [-0.2, 0) is 0 Å². The van der Waals surface area contributed by atoms with E-state index in [9.17, 15) is 4.79 Å². The molecule has 116 valence electrons. The second kappa shape index (κ2) is 5.69. The smallest absolute Gasteiger partial charge is 0.273 e. The van der Waals surface area contributed by atoms with Crippen molar-refractivity contribution in [1.29, 1.82) is 0 Å². The lowest BCUT2D eigenvalue weighted by Gasteiger charge is -2.57. The third-order valence-corrected chi connectivity index (χ3v) is 5.56. The van der Waals surface area contributed by atoms with Crippen molar-refractivity contribution in [3.8, 4) is 0 Å².